The van der Waals surface area contributed by atoms with E-state index >= 15 is 0 Å². The molecular weight excluding hydrogens is 611 g/mol. The summed E-state index contributed by atoms with van der Waals surface area (Å²) in [6.45, 7) is 22.5. The molecule has 0 aliphatic carbocycles. The van der Waals surface area contributed by atoms with E-state index in [4.69, 9.17) is 4.98 Å². The first-order chi connectivity index (χ1) is 15.5. The third-order valence-corrected chi connectivity index (χ3v) is 6.44. The summed E-state index contributed by atoms with van der Waals surface area (Å²) >= 11 is 0. The van der Waals surface area contributed by atoms with Crippen molar-refractivity contribution in [3.05, 3.63) is 64.2 Å². The molecule has 195 valence electrons. The summed E-state index contributed by atoms with van der Waals surface area (Å²) < 4.78 is 0. The Hall–Kier alpha value is -1.58. The zero-order valence-corrected chi connectivity index (χ0v) is 25.8. The predicted molar refractivity (Wildman–Crippen MR) is 145 cm³/mol. The van der Waals surface area contributed by atoms with Crippen LogP contribution in [0.2, 0.25) is 0 Å². The standard InChI is InChI=1S/C20H20N.C11H24O2.Ir/c1-12-6-7-17(14(3)8-12)20-16(5)11-18-15(4)9-13(2)10-19(18)21-20;1-10(2,3)8(12)7-9(13)11(4,5)6;/h6,8-11H,1-5H3;8-9,12-13H,7H2,1-6H3;/q-1;;. The number of aliphatic hydroxyl groups is 2. The third-order valence-electron chi connectivity index (χ3n) is 6.44. The molecule has 35 heavy (non-hydrogen) atoms. The van der Waals surface area contributed by atoms with Gasteiger partial charge in [0.05, 0.1) is 17.7 Å². The van der Waals surface area contributed by atoms with Crippen molar-refractivity contribution in [3.8, 4) is 11.3 Å². The minimum atomic E-state index is -0.443. The maximum atomic E-state index is 9.76. The van der Waals surface area contributed by atoms with E-state index in [-0.39, 0.29) is 30.9 Å². The SMILES string of the molecule is CC(C)(C)C(O)CC(O)C(C)(C)C.Cc1c[c-]c(-c2nc3cc(C)cc(C)c3cc2C)c(C)c1.[Ir]. The molecule has 0 aliphatic heterocycles. The Labute approximate surface area is 226 Å². The molecule has 1 heterocycles. The van der Waals surface area contributed by atoms with Crippen molar-refractivity contribution in [3.63, 3.8) is 0 Å². The molecule has 0 bridgehead atoms. The van der Waals surface area contributed by atoms with Crippen LogP contribution < -0.4 is 0 Å². The topological polar surface area (TPSA) is 53.4 Å². The summed E-state index contributed by atoms with van der Waals surface area (Å²) in [6, 6.07) is 14.2. The molecule has 3 nitrogen and oxygen atoms in total. The molecule has 0 amide bonds. The number of pyridine rings is 1. The van der Waals surface area contributed by atoms with Crippen molar-refractivity contribution in [1.82, 2.24) is 4.98 Å². The maximum absolute atomic E-state index is 9.76. The van der Waals surface area contributed by atoms with Crippen LogP contribution in [0, 0.1) is 51.5 Å². The minimum Gasteiger partial charge on any atom is -0.392 e. The average Bonchev–Trinajstić information content (AvgIpc) is 2.67. The van der Waals surface area contributed by atoms with Crippen LogP contribution in [0.15, 0.2) is 30.3 Å². The first-order valence-electron chi connectivity index (χ1n) is 12.2. The number of aromatic nitrogens is 1. The molecule has 0 saturated heterocycles. The van der Waals surface area contributed by atoms with Gasteiger partial charge in [-0.2, -0.15) is 0 Å². The Balaban J connectivity index is 0.000000383. The molecule has 0 saturated carbocycles. The average molecular weight is 655 g/mol. The summed E-state index contributed by atoms with van der Waals surface area (Å²) in [4.78, 5) is 4.93. The van der Waals surface area contributed by atoms with Crippen LogP contribution in [-0.4, -0.2) is 27.4 Å². The molecule has 0 aliphatic rings. The van der Waals surface area contributed by atoms with Crippen molar-refractivity contribution < 1.29 is 30.3 Å². The van der Waals surface area contributed by atoms with E-state index in [2.05, 4.69) is 65.0 Å². The van der Waals surface area contributed by atoms with Crippen LogP contribution >= 0.6 is 0 Å². The van der Waals surface area contributed by atoms with Crippen LogP contribution in [0.25, 0.3) is 22.2 Å². The summed E-state index contributed by atoms with van der Waals surface area (Å²) in [6.07, 6.45) is -0.434. The summed E-state index contributed by atoms with van der Waals surface area (Å²) in [5, 5.41) is 20.8. The van der Waals surface area contributed by atoms with Gasteiger partial charge in [0.1, 0.15) is 0 Å². The van der Waals surface area contributed by atoms with E-state index in [1.54, 1.807) is 0 Å². The second kappa shape index (κ2) is 12.1. The summed E-state index contributed by atoms with van der Waals surface area (Å²) in [7, 11) is 0. The van der Waals surface area contributed by atoms with E-state index in [9.17, 15) is 10.2 Å². The zero-order chi connectivity index (χ0) is 26.0. The Kier molecular flexibility index (Phi) is 10.9. The van der Waals surface area contributed by atoms with Gasteiger partial charge in [-0.05, 0) is 54.5 Å². The van der Waals surface area contributed by atoms with E-state index < -0.39 is 12.2 Å². The Bertz CT molecular complexity index is 1120. The molecule has 4 heteroatoms. The van der Waals surface area contributed by atoms with E-state index in [1.807, 2.05) is 47.6 Å². The molecule has 2 N–H and O–H groups in total. The van der Waals surface area contributed by atoms with Crippen molar-refractivity contribution in [2.45, 2.75) is 94.8 Å². The molecule has 1 aromatic heterocycles. The molecule has 3 rings (SSSR count). The molecule has 2 unspecified atom stereocenters. The molecule has 0 fully saturated rings. The Morgan fingerprint density at radius 2 is 1.26 bits per heavy atom. The third kappa shape index (κ3) is 8.50. The Morgan fingerprint density at radius 1 is 0.743 bits per heavy atom. The second-order valence-corrected chi connectivity index (χ2v) is 12.0. The monoisotopic (exact) mass is 655 g/mol. The predicted octanol–water partition coefficient (Wildman–Crippen LogP) is 7.43. The van der Waals surface area contributed by atoms with Crippen molar-refractivity contribution >= 4 is 10.9 Å². The number of benzene rings is 2. The number of nitrogens with zero attached hydrogens (tertiary/aromatic N) is 1. The van der Waals surface area contributed by atoms with Gasteiger partial charge in [0.2, 0.25) is 0 Å². The van der Waals surface area contributed by atoms with Crippen LogP contribution in [0.5, 0.6) is 0 Å². The van der Waals surface area contributed by atoms with Crippen LogP contribution in [-0.2, 0) is 20.1 Å². The number of rotatable bonds is 3. The van der Waals surface area contributed by atoms with Gasteiger partial charge in [0.15, 0.2) is 0 Å². The number of aryl methyl sites for hydroxylation is 5. The van der Waals surface area contributed by atoms with Crippen molar-refractivity contribution in [1.29, 1.82) is 0 Å². The Morgan fingerprint density at radius 3 is 1.74 bits per heavy atom. The smallest absolute Gasteiger partial charge is 0.0613 e. The number of aliphatic hydroxyl groups excluding tert-OH is 2. The van der Waals surface area contributed by atoms with Gasteiger partial charge in [-0.1, -0.05) is 73.1 Å². The zero-order valence-electron chi connectivity index (χ0n) is 23.4. The fourth-order valence-electron chi connectivity index (χ4n) is 3.91. The fraction of sp³-hybridized carbons (Fsp3) is 0.516. The van der Waals surface area contributed by atoms with Crippen molar-refractivity contribution in [2.75, 3.05) is 0 Å². The second-order valence-electron chi connectivity index (χ2n) is 12.0. The van der Waals surface area contributed by atoms with E-state index in [1.165, 1.54) is 33.2 Å². The fourth-order valence-corrected chi connectivity index (χ4v) is 3.91. The van der Waals surface area contributed by atoms with Crippen molar-refractivity contribution in [2.24, 2.45) is 10.8 Å². The van der Waals surface area contributed by atoms with Crippen LogP contribution in [0.1, 0.15) is 75.8 Å². The van der Waals surface area contributed by atoms with Gasteiger partial charge in [0.25, 0.3) is 0 Å². The number of fused-ring (bicyclic) bond motifs is 1. The number of hydrogen-bond acceptors (Lipinski definition) is 3. The molecule has 2 aromatic carbocycles. The summed E-state index contributed by atoms with van der Waals surface area (Å²) in [5.41, 5.74) is 9.15. The maximum Gasteiger partial charge on any atom is 0.0613 e. The molecule has 2 atom stereocenters. The molecular formula is C31H44IrNO2-. The first-order valence-corrected chi connectivity index (χ1v) is 12.2. The normalized spacial score (nSPS) is 13.5. The van der Waals surface area contributed by atoms with Gasteiger partial charge >= 0.3 is 0 Å². The quantitative estimate of drug-likeness (QED) is 0.289. The van der Waals surface area contributed by atoms with Gasteiger partial charge in [0, 0.05) is 31.9 Å². The van der Waals surface area contributed by atoms with E-state index in [0.29, 0.717) is 6.42 Å². The van der Waals surface area contributed by atoms with Gasteiger partial charge in [-0.15, -0.1) is 34.9 Å². The largest absolute Gasteiger partial charge is 0.392 e. The number of hydrogen-bond donors (Lipinski definition) is 2. The van der Waals surface area contributed by atoms with Gasteiger partial charge in [-0.25, -0.2) is 0 Å². The van der Waals surface area contributed by atoms with Gasteiger partial charge in [-0.3, -0.25) is 4.98 Å². The minimum absolute atomic E-state index is 0. The first kappa shape index (κ1) is 31.4. The molecule has 1 radical (unpaired) electrons. The van der Waals surface area contributed by atoms with Gasteiger partial charge < -0.3 is 10.2 Å². The van der Waals surface area contributed by atoms with Crippen LogP contribution in [0.3, 0.4) is 0 Å². The molecule has 3 aromatic rings. The van der Waals surface area contributed by atoms with Crippen LogP contribution in [0.4, 0.5) is 0 Å². The van der Waals surface area contributed by atoms with E-state index in [0.717, 1.165) is 16.8 Å². The molecule has 0 spiro atoms. The summed E-state index contributed by atoms with van der Waals surface area (Å²) in [5.74, 6) is 0.